The van der Waals surface area contributed by atoms with Crippen LogP contribution >= 0.6 is 0 Å². The molecule has 0 aromatic carbocycles. The zero-order valence-electron chi connectivity index (χ0n) is 4.73. The summed E-state index contributed by atoms with van der Waals surface area (Å²) >= 11 is 0. The van der Waals surface area contributed by atoms with Crippen molar-refractivity contribution in [2.45, 2.75) is 12.2 Å². The summed E-state index contributed by atoms with van der Waals surface area (Å²) in [6, 6.07) is 0. The molecule has 3 heteroatoms. The van der Waals surface area contributed by atoms with Crippen LogP contribution in [0.1, 0.15) is 0 Å². The molecule has 1 aliphatic carbocycles. The second-order valence-electron chi connectivity index (χ2n) is 1.82. The van der Waals surface area contributed by atoms with Crippen molar-refractivity contribution >= 4 is 0 Å². The minimum absolute atomic E-state index is 0.713. The van der Waals surface area contributed by atoms with E-state index < -0.39 is 12.2 Å². The molecule has 1 N–H and O–H groups in total. The Balaban J connectivity index is 2.55. The molecule has 0 heterocycles. The van der Waals surface area contributed by atoms with Gasteiger partial charge in [-0.25, -0.2) is 0 Å². The van der Waals surface area contributed by atoms with Crippen molar-refractivity contribution in [3.63, 3.8) is 0 Å². The fraction of sp³-hybridized carbons (Fsp3) is 0.333. The van der Waals surface area contributed by atoms with Gasteiger partial charge in [-0.2, -0.15) is 4.89 Å². The lowest BCUT2D eigenvalue weighted by Gasteiger charge is -2.13. The smallest absolute Gasteiger partial charge is 0.144 e. The van der Waals surface area contributed by atoms with E-state index in [1.165, 1.54) is 12.2 Å². The third-order valence-corrected chi connectivity index (χ3v) is 1.17. The van der Waals surface area contributed by atoms with Gasteiger partial charge in [-0.05, 0) is 11.3 Å². The van der Waals surface area contributed by atoms with Crippen LogP contribution in [-0.4, -0.2) is 17.3 Å². The molecule has 0 saturated heterocycles. The summed E-state index contributed by atoms with van der Waals surface area (Å²) in [6.45, 7) is 0. The Labute approximate surface area is 52.8 Å². The molecule has 0 aromatic heterocycles. The number of aliphatic hydroxyl groups is 1. The van der Waals surface area contributed by atoms with Gasteiger partial charge >= 0.3 is 0 Å². The second kappa shape index (κ2) is 2.77. The van der Waals surface area contributed by atoms with E-state index in [-0.39, 0.29) is 0 Å². The molecule has 0 spiro atoms. The Hall–Kier alpha value is -0.640. The molecule has 0 saturated carbocycles. The maximum absolute atomic E-state index is 9.75. The average molecular weight is 127 g/mol. The zero-order chi connectivity index (χ0) is 6.69. The lowest BCUT2D eigenvalue weighted by molar-refractivity contribution is -0.334. The van der Waals surface area contributed by atoms with Gasteiger partial charge in [0.15, 0.2) is 0 Å². The van der Waals surface area contributed by atoms with Crippen molar-refractivity contribution in [1.82, 2.24) is 0 Å². The lowest BCUT2D eigenvalue weighted by Crippen LogP contribution is -2.24. The SMILES string of the molecule is [O]O[C@H]1C=CC=C[C@@H]1O. The zero-order valence-corrected chi connectivity index (χ0v) is 4.73. The van der Waals surface area contributed by atoms with Crippen LogP contribution in [0.25, 0.3) is 0 Å². The summed E-state index contributed by atoms with van der Waals surface area (Å²) in [5.74, 6) is 0. The first kappa shape index (κ1) is 6.48. The molecule has 0 aromatic rings. The topological polar surface area (TPSA) is 49.4 Å². The van der Waals surface area contributed by atoms with Crippen LogP contribution < -0.4 is 0 Å². The van der Waals surface area contributed by atoms with Gasteiger partial charge < -0.3 is 5.11 Å². The van der Waals surface area contributed by atoms with E-state index in [4.69, 9.17) is 5.11 Å². The maximum atomic E-state index is 9.75. The predicted octanol–water partition coefficient (Wildman–Crippen LogP) is 0.204. The van der Waals surface area contributed by atoms with Crippen LogP contribution in [0.3, 0.4) is 0 Å². The quantitative estimate of drug-likeness (QED) is 0.404. The fourth-order valence-electron chi connectivity index (χ4n) is 0.664. The largest absolute Gasteiger partial charge is 0.386 e. The first-order valence-corrected chi connectivity index (χ1v) is 2.66. The van der Waals surface area contributed by atoms with Crippen LogP contribution in [0.15, 0.2) is 24.3 Å². The van der Waals surface area contributed by atoms with Crippen molar-refractivity contribution < 1.29 is 15.3 Å². The Kier molecular flexibility index (Phi) is 2.00. The van der Waals surface area contributed by atoms with Crippen LogP contribution in [0.4, 0.5) is 0 Å². The number of hydrogen-bond donors (Lipinski definition) is 1. The van der Waals surface area contributed by atoms with E-state index in [9.17, 15) is 5.26 Å². The molecule has 0 bridgehead atoms. The van der Waals surface area contributed by atoms with Crippen LogP contribution in [0.5, 0.6) is 0 Å². The highest BCUT2D eigenvalue weighted by atomic mass is 17.1. The molecule has 0 unspecified atom stereocenters. The molecule has 9 heavy (non-hydrogen) atoms. The molecule has 1 aliphatic rings. The van der Waals surface area contributed by atoms with Crippen molar-refractivity contribution in [2.75, 3.05) is 0 Å². The van der Waals surface area contributed by atoms with Gasteiger partial charge in [0.1, 0.15) is 12.2 Å². The van der Waals surface area contributed by atoms with Gasteiger partial charge in [0, 0.05) is 0 Å². The van der Waals surface area contributed by atoms with Crippen LogP contribution in [0.2, 0.25) is 0 Å². The van der Waals surface area contributed by atoms with Gasteiger partial charge in [-0.1, -0.05) is 18.2 Å². The fourth-order valence-corrected chi connectivity index (χ4v) is 0.664. The average Bonchev–Trinajstić information content (AvgIpc) is 1.89. The summed E-state index contributed by atoms with van der Waals surface area (Å²) in [6.07, 6.45) is 4.85. The number of allylic oxidation sites excluding steroid dienone is 2. The predicted molar refractivity (Wildman–Crippen MR) is 29.8 cm³/mol. The standard InChI is InChI=1S/C6H7O3/c7-5-3-1-2-4-6(5)9-8/h1-7H/t5-,6-/m0/s1. The van der Waals surface area contributed by atoms with Crippen LogP contribution in [-0.2, 0) is 10.1 Å². The number of aliphatic hydroxyl groups excluding tert-OH is 1. The van der Waals surface area contributed by atoms with E-state index in [1.807, 2.05) is 0 Å². The first-order valence-electron chi connectivity index (χ1n) is 2.66. The maximum Gasteiger partial charge on any atom is 0.144 e. The van der Waals surface area contributed by atoms with Crippen molar-refractivity contribution in [1.29, 1.82) is 0 Å². The molecule has 0 fully saturated rings. The van der Waals surface area contributed by atoms with E-state index in [0.29, 0.717) is 0 Å². The molecule has 1 rings (SSSR count). The van der Waals surface area contributed by atoms with E-state index >= 15 is 0 Å². The lowest BCUT2D eigenvalue weighted by atomic mass is 10.1. The van der Waals surface area contributed by atoms with E-state index in [0.717, 1.165) is 0 Å². The van der Waals surface area contributed by atoms with Crippen molar-refractivity contribution in [3.05, 3.63) is 24.3 Å². The number of hydrogen-bond acceptors (Lipinski definition) is 2. The molecule has 0 amide bonds. The molecule has 3 nitrogen and oxygen atoms in total. The highest BCUT2D eigenvalue weighted by Gasteiger charge is 2.15. The van der Waals surface area contributed by atoms with Gasteiger partial charge in [-0.3, -0.25) is 0 Å². The first-order chi connectivity index (χ1) is 4.34. The second-order valence-corrected chi connectivity index (χ2v) is 1.82. The third kappa shape index (κ3) is 1.38. The van der Waals surface area contributed by atoms with Gasteiger partial charge in [-0.15, -0.1) is 0 Å². The van der Waals surface area contributed by atoms with E-state index in [1.54, 1.807) is 12.2 Å². The molecular weight excluding hydrogens is 120 g/mol. The molecular formula is C6H7O3. The summed E-state index contributed by atoms with van der Waals surface area (Å²) in [5, 5.41) is 18.7. The summed E-state index contributed by atoms with van der Waals surface area (Å²) in [7, 11) is 0. The molecule has 1 radical (unpaired) electrons. The van der Waals surface area contributed by atoms with Gasteiger partial charge in [0.25, 0.3) is 0 Å². The Morgan fingerprint density at radius 1 is 1.33 bits per heavy atom. The Morgan fingerprint density at radius 2 is 2.00 bits per heavy atom. The number of rotatable bonds is 1. The van der Waals surface area contributed by atoms with Crippen molar-refractivity contribution in [3.8, 4) is 0 Å². The van der Waals surface area contributed by atoms with E-state index in [2.05, 4.69) is 4.89 Å². The highest BCUT2D eigenvalue weighted by Crippen LogP contribution is 2.06. The minimum atomic E-state index is -0.785. The Morgan fingerprint density at radius 3 is 2.44 bits per heavy atom. The summed E-state index contributed by atoms with van der Waals surface area (Å²) in [5.41, 5.74) is 0. The third-order valence-electron chi connectivity index (χ3n) is 1.17. The normalized spacial score (nSPS) is 33.1. The highest BCUT2D eigenvalue weighted by molar-refractivity contribution is 5.15. The minimum Gasteiger partial charge on any atom is -0.386 e. The van der Waals surface area contributed by atoms with Gasteiger partial charge in [0.05, 0.1) is 0 Å². The summed E-state index contributed by atoms with van der Waals surface area (Å²) in [4.78, 5) is 3.67. The monoisotopic (exact) mass is 127 g/mol. The molecule has 2 atom stereocenters. The molecule has 49 valence electrons. The van der Waals surface area contributed by atoms with Gasteiger partial charge in [0.2, 0.25) is 0 Å². The molecule has 0 aliphatic heterocycles. The summed E-state index contributed by atoms with van der Waals surface area (Å²) < 4.78 is 0. The Bertz CT molecular complexity index is 139. The van der Waals surface area contributed by atoms with Crippen molar-refractivity contribution in [2.24, 2.45) is 0 Å². The van der Waals surface area contributed by atoms with Crippen LogP contribution in [0, 0.1) is 0 Å².